The average molecular weight is 271 g/mol. The molecule has 2 nitrogen and oxygen atoms in total. The van der Waals surface area contributed by atoms with Crippen molar-refractivity contribution in [1.29, 1.82) is 0 Å². The predicted octanol–water partition coefficient (Wildman–Crippen LogP) is 4.61. The molecule has 1 atom stereocenters. The minimum atomic E-state index is 0.296. The Hall–Kier alpha value is -0.0800. The van der Waals surface area contributed by atoms with Gasteiger partial charge in [0, 0.05) is 6.04 Å². The molecule has 0 radical (unpaired) electrons. The molecule has 0 aliphatic carbocycles. The second kappa shape index (κ2) is 14.3. The topological polar surface area (TPSA) is 23.5 Å². The number of likely N-dealkylation sites (N-methyl/N-ethyl adjacent to an activating group) is 1. The van der Waals surface area contributed by atoms with Crippen LogP contribution in [0.4, 0.5) is 0 Å². The first kappa shape index (κ1) is 18.9. The summed E-state index contributed by atoms with van der Waals surface area (Å²) in [6.45, 7) is 2.57. The molecule has 0 heterocycles. The molecule has 0 aromatic carbocycles. The van der Waals surface area contributed by atoms with E-state index < -0.39 is 0 Å². The molecule has 116 valence electrons. The monoisotopic (exact) mass is 271 g/mol. The highest BCUT2D eigenvalue weighted by molar-refractivity contribution is 4.64. The van der Waals surface area contributed by atoms with E-state index in [-0.39, 0.29) is 0 Å². The van der Waals surface area contributed by atoms with Gasteiger partial charge in [-0.1, -0.05) is 77.6 Å². The number of unbranched alkanes of at least 4 members (excludes halogenated alkanes) is 10. The minimum absolute atomic E-state index is 0.296. The Balaban J connectivity index is 3.14. The van der Waals surface area contributed by atoms with E-state index in [1.54, 1.807) is 0 Å². The second-order valence-electron chi connectivity index (χ2n) is 6.12. The Kier molecular flexibility index (Phi) is 14.3. The third-order valence-electron chi connectivity index (χ3n) is 4.08. The van der Waals surface area contributed by atoms with Crippen LogP contribution in [0.1, 0.15) is 84.0 Å². The molecule has 0 aliphatic heterocycles. The van der Waals surface area contributed by atoms with Crippen molar-refractivity contribution in [3.63, 3.8) is 0 Å². The standard InChI is InChI=1S/C17H37NO/c1-4-5-6-7-8-9-10-11-12-13-14-15-17(16-19)18(2)3/h17,19H,4-16H2,1-3H3. The quantitative estimate of drug-likeness (QED) is 0.466. The van der Waals surface area contributed by atoms with E-state index in [9.17, 15) is 5.11 Å². The zero-order chi connectivity index (χ0) is 14.3. The first-order valence-electron chi connectivity index (χ1n) is 8.49. The van der Waals surface area contributed by atoms with E-state index in [0.717, 1.165) is 6.42 Å². The van der Waals surface area contributed by atoms with Crippen LogP contribution in [0.3, 0.4) is 0 Å². The van der Waals surface area contributed by atoms with Gasteiger partial charge in [-0.25, -0.2) is 0 Å². The lowest BCUT2D eigenvalue weighted by molar-refractivity contribution is 0.159. The molecule has 0 aromatic heterocycles. The summed E-state index contributed by atoms with van der Waals surface area (Å²) in [6.07, 6.45) is 16.4. The fraction of sp³-hybridized carbons (Fsp3) is 1.00. The summed E-state index contributed by atoms with van der Waals surface area (Å²) in [6, 6.07) is 0.360. The van der Waals surface area contributed by atoms with Crippen LogP contribution in [0.5, 0.6) is 0 Å². The Morgan fingerprint density at radius 2 is 1.16 bits per heavy atom. The predicted molar refractivity (Wildman–Crippen MR) is 85.6 cm³/mol. The largest absolute Gasteiger partial charge is 0.395 e. The molecule has 19 heavy (non-hydrogen) atoms. The molecule has 0 saturated heterocycles. The van der Waals surface area contributed by atoms with Crippen LogP contribution < -0.4 is 0 Å². The molecule has 0 aliphatic rings. The maximum absolute atomic E-state index is 9.22. The van der Waals surface area contributed by atoms with Crippen molar-refractivity contribution in [1.82, 2.24) is 4.90 Å². The van der Waals surface area contributed by atoms with Gasteiger partial charge in [-0.3, -0.25) is 0 Å². The Morgan fingerprint density at radius 1 is 0.737 bits per heavy atom. The molecule has 0 spiro atoms. The first-order valence-corrected chi connectivity index (χ1v) is 8.49. The Bertz CT molecular complexity index is 171. The van der Waals surface area contributed by atoms with Gasteiger partial charge in [0.05, 0.1) is 6.61 Å². The van der Waals surface area contributed by atoms with Crippen LogP contribution in [0.2, 0.25) is 0 Å². The summed E-state index contributed by atoms with van der Waals surface area (Å²) in [5.74, 6) is 0. The van der Waals surface area contributed by atoms with Crippen LogP contribution in [0.25, 0.3) is 0 Å². The van der Waals surface area contributed by atoms with E-state index in [2.05, 4.69) is 25.9 Å². The average Bonchev–Trinajstić information content (AvgIpc) is 2.40. The fourth-order valence-electron chi connectivity index (χ4n) is 2.56. The molecule has 0 aromatic rings. The molecular weight excluding hydrogens is 234 g/mol. The van der Waals surface area contributed by atoms with Crippen molar-refractivity contribution in [2.75, 3.05) is 20.7 Å². The van der Waals surface area contributed by atoms with Gasteiger partial charge in [0.15, 0.2) is 0 Å². The zero-order valence-corrected chi connectivity index (χ0v) is 13.7. The molecule has 1 N–H and O–H groups in total. The number of hydrogen-bond donors (Lipinski definition) is 1. The van der Waals surface area contributed by atoms with Crippen LogP contribution in [0.15, 0.2) is 0 Å². The van der Waals surface area contributed by atoms with E-state index in [1.807, 2.05) is 0 Å². The SMILES string of the molecule is CCCCCCCCCCCCCC(CO)N(C)C. The number of hydrogen-bond acceptors (Lipinski definition) is 2. The van der Waals surface area contributed by atoms with Crippen molar-refractivity contribution in [2.24, 2.45) is 0 Å². The van der Waals surface area contributed by atoms with E-state index >= 15 is 0 Å². The lowest BCUT2D eigenvalue weighted by atomic mass is 10.0. The van der Waals surface area contributed by atoms with Crippen LogP contribution in [-0.2, 0) is 0 Å². The molecule has 2 heteroatoms. The second-order valence-corrected chi connectivity index (χ2v) is 6.12. The van der Waals surface area contributed by atoms with E-state index in [0.29, 0.717) is 12.6 Å². The number of rotatable bonds is 14. The summed E-state index contributed by atoms with van der Waals surface area (Å²) < 4.78 is 0. The van der Waals surface area contributed by atoms with Crippen molar-refractivity contribution in [3.8, 4) is 0 Å². The highest BCUT2D eigenvalue weighted by Crippen LogP contribution is 2.13. The smallest absolute Gasteiger partial charge is 0.0586 e. The highest BCUT2D eigenvalue weighted by Gasteiger charge is 2.08. The maximum atomic E-state index is 9.22. The van der Waals surface area contributed by atoms with Crippen molar-refractivity contribution < 1.29 is 5.11 Å². The van der Waals surface area contributed by atoms with Crippen molar-refractivity contribution in [2.45, 2.75) is 90.0 Å². The van der Waals surface area contributed by atoms with Crippen molar-refractivity contribution in [3.05, 3.63) is 0 Å². The van der Waals surface area contributed by atoms with Crippen LogP contribution in [0, 0.1) is 0 Å². The third-order valence-corrected chi connectivity index (χ3v) is 4.08. The first-order chi connectivity index (χ1) is 9.22. The normalized spacial score (nSPS) is 13.1. The van der Waals surface area contributed by atoms with Gasteiger partial charge in [0.2, 0.25) is 0 Å². The molecular formula is C17H37NO. The molecule has 0 bridgehead atoms. The molecule has 0 amide bonds. The lowest BCUT2D eigenvalue weighted by Gasteiger charge is -2.21. The molecule has 0 rings (SSSR count). The van der Waals surface area contributed by atoms with Gasteiger partial charge in [0.1, 0.15) is 0 Å². The minimum Gasteiger partial charge on any atom is -0.395 e. The van der Waals surface area contributed by atoms with E-state index in [4.69, 9.17) is 0 Å². The highest BCUT2D eigenvalue weighted by atomic mass is 16.3. The summed E-state index contributed by atoms with van der Waals surface area (Å²) in [7, 11) is 4.11. The number of nitrogens with zero attached hydrogens (tertiary/aromatic N) is 1. The van der Waals surface area contributed by atoms with Gasteiger partial charge in [-0.05, 0) is 20.5 Å². The van der Waals surface area contributed by atoms with Crippen LogP contribution in [-0.4, -0.2) is 36.8 Å². The number of aliphatic hydroxyl groups is 1. The van der Waals surface area contributed by atoms with Gasteiger partial charge in [-0.2, -0.15) is 0 Å². The molecule has 0 saturated carbocycles. The third kappa shape index (κ3) is 12.7. The van der Waals surface area contributed by atoms with Gasteiger partial charge in [-0.15, -0.1) is 0 Å². The molecule has 1 unspecified atom stereocenters. The van der Waals surface area contributed by atoms with Gasteiger partial charge in [0.25, 0.3) is 0 Å². The Morgan fingerprint density at radius 3 is 1.53 bits per heavy atom. The summed E-state index contributed by atoms with van der Waals surface area (Å²) in [5, 5.41) is 9.22. The lowest BCUT2D eigenvalue weighted by Crippen LogP contribution is -2.31. The fourth-order valence-corrected chi connectivity index (χ4v) is 2.56. The van der Waals surface area contributed by atoms with Gasteiger partial charge < -0.3 is 10.0 Å². The van der Waals surface area contributed by atoms with Crippen molar-refractivity contribution >= 4 is 0 Å². The van der Waals surface area contributed by atoms with E-state index in [1.165, 1.54) is 70.6 Å². The van der Waals surface area contributed by atoms with Crippen LogP contribution >= 0.6 is 0 Å². The zero-order valence-electron chi connectivity index (χ0n) is 13.7. The summed E-state index contributed by atoms with van der Waals surface area (Å²) in [4.78, 5) is 2.14. The maximum Gasteiger partial charge on any atom is 0.0586 e. The van der Waals surface area contributed by atoms with Gasteiger partial charge >= 0.3 is 0 Å². The molecule has 0 fully saturated rings. The summed E-state index contributed by atoms with van der Waals surface area (Å²) in [5.41, 5.74) is 0. The number of aliphatic hydroxyl groups excluding tert-OH is 1. The summed E-state index contributed by atoms with van der Waals surface area (Å²) >= 11 is 0. The Labute approximate surface area is 121 Å².